The lowest BCUT2D eigenvalue weighted by molar-refractivity contribution is 0.104. The van der Waals surface area contributed by atoms with Gasteiger partial charge in [0.15, 0.2) is 5.78 Å². The Morgan fingerprint density at radius 1 is 1.19 bits per heavy atom. The van der Waals surface area contributed by atoms with E-state index in [9.17, 15) is 13.6 Å². The number of nitriles is 1. The summed E-state index contributed by atoms with van der Waals surface area (Å²) < 4.78 is 28.4. The van der Waals surface area contributed by atoms with E-state index in [-0.39, 0.29) is 5.56 Å². The Hall–Kier alpha value is -3.59. The van der Waals surface area contributed by atoms with E-state index in [0.29, 0.717) is 30.3 Å². The van der Waals surface area contributed by atoms with Crippen LogP contribution < -0.4 is 0 Å². The fraction of sp³-hybridized carbons (Fsp3) is 0.0952. The monoisotopic (exact) mass is 363 g/mol. The fourth-order valence-corrected chi connectivity index (χ4v) is 2.60. The average Bonchev–Trinajstić information content (AvgIpc) is 3.08. The minimum atomic E-state index is -0.905. The number of hydrogen-bond donors (Lipinski definition) is 0. The summed E-state index contributed by atoms with van der Waals surface area (Å²) in [6, 6.07) is 14.3. The Morgan fingerprint density at radius 2 is 1.96 bits per heavy atom. The summed E-state index contributed by atoms with van der Waals surface area (Å²) in [5, 5.41) is 13.2. The quantitative estimate of drug-likeness (QED) is 0.474. The highest BCUT2D eigenvalue weighted by atomic mass is 19.1. The van der Waals surface area contributed by atoms with Gasteiger partial charge in [-0.25, -0.2) is 8.78 Å². The SMILES string of the molecule is N#CCCn1cc(/C=C/C(=O)c2ccc(F)cc2F)c(-c2ccccc2)n1. The first kappa shape index (κ1) is 18.2. The Balaban J connectivity index is 1.93. The molecule has 27 heavy (non-hydrogen) atoms. The third-order valence-electron chi connectivity index (χ3n) is 3.90. The molecule has 0 aliphatic rings. The van der Waals surface area contributed by atoms with Gasteiger partial charge in [-0.1, -0.05) is 30.3 Å². The van der Waals surface area contributed by atoms with E-state index < -0.39 is 17.4 Å². The maximum Gasteiger partial charge on any atom is 0.188 e. The molecular weight excluding hydrogens is 348 g/mol. The summed E-state index contributed by atoms with van der Waals surface area (Å²) in [6.45, 7) is 0.421. The molecular formula is C21H15F2N3O. The second-order valence-corrected chi connectivity index (χ2v) is 5.79. The van der Waals surface area contributed by atoms with Crippen molar-refractivity contribution in [1.82, 2.24) is 9.78 Å². The fourth-order valence-electron chi connectivity index (χ4n) is 2.60. The van der Waals surface area contributed by atoms with Crippen molar-refractivity contribution in [2.45, 2.75) is 13.0 Å². The maximum atomic E-state index is 13.8. The van der Waals surface area contributed by atoms with E-state index >= 15 is 0 Å². The molecule has 0 saturated carbocycles. The molecule has 1 heterocycles. The van der Waals surface area contributed by atoms with E-state index in [2.05, 4.69) is 11.2 Å². The van der Waals surface area contributed by atoms with Crippen LogP contribution in [0, 0.1) is 23.0 Å². The summed E-state index contributed by atoms with van der Waals surface area (Å²) in [5.74, 6) is -2.22. The van der Waals surface area contributed by atoms with Crippen molar-refractivity contribution < 1.29 is 13.6 Å². The van der Waals surface area contributed by atoms with Crippen LogP contribution in [0.15, 0.2) is 60.8 Å². The van der Waals surface area contributed by atoms with Gasteiger partial charge in [0, 0.05) is 23.4 Å². The lowest BCUT2D eigenvalue weighted by Gasteiger charge is -1.99. The molecule has 1 aromatic heterocycles. The summed E-state index contributed by atoms with van der Waals surface area (Å²) in [7, 11) is 0. The zero-order chi connectivity index (χ0) is 19.2. The average molecular weight is 363 g/mol. The Labute approximate surface area is 155 Å². The Morgan fingerprint density at radius 3 is 2.67 bits per heavy atom. The summed E-state index contributed by atoms with van der Waals surface area (Å²) in [4.78, 5) is 12.3. The Bertz CT molecular complexity index is 1030. The van der Waals surface area contributed by atoms with Gasteiger partial charge in [-0.3, -0.25) is 9.48 Å². The van der Waals surface area contributed by atoms with Gasteiger partial charge in [-0.05, 0) is 24.3 Å². The predicted octanol–water partition coefficient (Wildman–Crippen LogP) is 4.64. The van der Waals surface area contributed by atoms with Crippen molar-refractivity contribution in [2.75, 3.05) is 0 Å². The molecule has 0 fully saturated rings. The Kier molecular flexibility index (Phi) is 5.53. The standard InChI is InChI=1S/C21H15F2N3O/c22-17-8-9-18(19(23)13-17)20(27)10-7-16-14-26(12-4-11-24)25-21(16)15-5-2-1-3-6-15/h1-3,5-10,13-14H,4,12H2/b10-7+. The lowest BCUT2D eigenvalue weighted by atomic mass is 10.1. The van der Waals surface area contributed by atoms with E-state index in [1.54, 1.807) is 17.0 Å². The van der Waals surface area contributed by atoms with Crippen LogP contribution in [0.2, 0.25) is 0 Å². The molecule has 0 amide bonds. The summed E-state index contributed by atoms with van der Waals surface area (Å²) in [5.41, 5.74) is 1.96. The van der Waals surface area contributed by atoms with Gasteiger partial charge in [0.2, 0.25) is 0 Å². The van der Waals surface area contributed by atoms with Crippen LogP contribution in [0.5, 0.6) is 0 Å². The van der Waals surface area contributed by atoms with Gasteiger partial charge in [-0.2, -0.15) is 10.4 Å². The number of allylic oxidation sites excluding steroid dienone is 1. The van der Waals surface area contributed by atoms with Crippen LogP contribution in [-0.2, 0) is 6.54 Å². The second kappa shape index (κ2) is 8.19. The molecule has 0 unspecified atom stereocenters. The van der Waals surface area contributed by atoms with Crippen LogP contribution in [0.1, 0.15) is 22.3 Å². The van der Waals surface area contributed by atoms with Gasteiger partial charge in [0.05, 0.1) is 30.3 Å². The minimum absolute atomic E-state index is 0.203. The molecule has 3 aromatic rings. The molecule has 0 atom stereocenters. The van der Waals surface area contributed by atoms with Crippen molar-refractivity contribution in [3.8, 4) is 17.3 Å². The number of ketones is 1. The molecule has 134 valence electrons. The number of rotatable bonds is 6. The molecule has 4 nitrogen and oxygen atoms in total. The number of aromatic nitrogens is 2. The second-order valence-electron chi connectivity index (χ2n) is 5.79. The highest BCUT2D eigenvalue weighted by Crippen LogP contribution is 2.23. The first-order valence-electron chi connectivity index (χ1n) is 8.26. The van der Waals surface area contributed by atoms with E-state index in [1.165, 1.54) is 6.08 Å². The number of benzene rings is 2. The van der Waals surface area contributed by atoms with Crippen molar-refractivity contribution in [2.24, 2.45) is 0 Å². The van der Waals surface area contributed by atoms with E-state index in [4.69, 9.17) is 5.26 Å². The third kappa shape index (κ3) is 4.33. The predicted molar refractivity (Wildman–Crippen MR) is 97.6 cm³/mol. The molecule has 0 N–H and O–H groups in total. The van der Waals surface area contributed by atoms with Crippen molar-refractivity contribution in [3.63, 3.8) is 0 Å². The first-order valence-corrected chi connectivity index (χ1v) is 8.26. The zero-order valence-corrected chi connectivity index (χ0v) is 14.3. The highest BCUT2D eigenvalue weighted by Gasteiger charge is 2.12. The highest BCUT2D eigenvalue weighted by molar-refractivity contribution is 6.07. The number of aryl methyl sites for hydroxylation is 1. The number of carbonyl (C=O) groups excluding carboxylic acids is 1. The van der Waals surface area contributed by atoms with Crippen LogP contribution >= 0.6 is 0 Å². The molecule has 0 aliphatic carbocycles. The van der Waals surface area contributed by atoms with Gasteiger partial charge < -0.3 is 0 Å². The van der Waals surface area contributed by atoms with E-state index in [0.717, 1.165) is 17.7 Å². The lowest BCUT2D eigenvalue weighted by Crippen LogP contribution is -1.99. The summed E-state index contributed by atoms with van der Waals surface area (Å²) >= 11 is 0. The van der Waals surface area contributed by atoms with Crippen LogP contribution in [0.3, 0.4) is 0 Å². The minimum Gasteiger partial charge on any atom is -0.289 e. The molecule has 2 aromatic carbocycles. The molecule has 0 saturated heterocycles. The maximum absolute atomic E-state index is 13.8. The first-order chi connectivity index (χ1) is 13.1. The van der Waals surface area contributed by atoms with Crippen LogP contribution in [0.25, 0.3) is 17.3 Å². The number of halogens is 2. The van der Waals surface area contributed by atoms with Gasteiger partial charge >= 0.3 is 0 Å². The van der Waals surface area contributed by atoms with Gasteiger partial charge in [0.25, 0.3) is 0 Å². The molecule has 0 aliphatic heterocycles. The molecule has 6 heteroatoms. The number of hydrogen-bond acceptors (Lipinski definition) is 3. The third-order valence-corrected chi connectivity index (χ3v) is 3.90. The van der Waals surface area contributed by atoms with Crippen molar-refractivity contribution in [3.05, 3.63) is 83.6 Å². The molecule has 3 rings (SSSR count). The summed E-state index contributed by atoms with van der Waals surface area (Å²) in [6.07, 6.45) is 4.81. The van der Waals surface area contributed by atoms with Crippen molar-refractivity contribution in [1.29, 1.82) is 5.26 Å². The van der Waals surface area contributed by atoms with E-state index in [1.807, 2.05) is 30.3 Å². The number of carbonyl (C=O) groups is 1. The van der Waals surface area contributed by atoms with Gasteiger partial charge in [0.1, 0.15) is 11.6 Å². The zero-order valence-electron chi connectivity index (χ0n) is 14.3. The topological polar surface area (TPSA) is 58.7 Å². The van der Waals surface area contributed by atoms with Crippen LogP contribution in [0.4, 0.5) is 8.78 Å². The number of nitrogens with zero attached hydrogens (tertiary/aromatic N) is 3. The molecule has 0 radical (unpaired) electrons. The largest absolute Gasteiger partial charge is 0.289 e. The molecule has 0 spiro atoms. The normalized spacial score (nSPS) is 10.9. The molecule has 0 bridgehead atoms. The van der Waals surface area contributed by atoms with Crippen molar-refractivity contribution >= 4 is 11.9 Å². The van der Waals surface area contributed by atoms with Crippen LogP contribution in [-0.4, -0.2) is 15.6 Å². The van der Waals surface area contributed by atoms with Gasteiger partial charge in [-0.15, -0.1) is 0 Å². The smallest absolute Gasteiger partial charge is 0.188 e.